The van der Waals surface area contributed by atoms with Crippen molar-refractivity contribution >= 4 is 6.21 Å². The van der Waals surface area contributed by atoms with E-state index in [1.807, 2.05) is 13.1 Å². The van der Waals surface area contributed by atoms with Crippen LogP contribution in [0.25, 0.3) is 0 Å². The first kappa shape index (κ1) is 10.2. The molecule has 0 bridgehead atoms. The van der Waals surface area contributed by atoms with Crippen molar-refractivity contribution in [2.45, 2.75) is 27.7 Å². The van der Waals surface area contributed by atoms with Gasteiger partial charge in [0.05, 0.1) is 0 Å². The number of rotatable bonds is 3. The Balaban J connectivity index is 4.01. The van der Waals surface area contributed by atoms with E-state index in [0.29, 0.717) is 5.92 Å². The highest BCUT2D eigenvalue weighted by Gasteiger charge is 1.92. The summed E-state index contributed by atoms with van der Waals surface area (Å²) in [6, 6.07) is 0. The molecule has 0 saturated carbocycles. The van der Waals surface area contributed by atoms with Gasteiger partial charge in [-0.3, -0.25) is 4.99 Å². The fraction of sp³-hybridized carbons (Fsp3) is 0.500. The molecule has 0 aliphatic heterocycles. The predicted octanol–water partition coefficient (Wildman–Crippen LogP) is 3.19. The molecule has 0 aromatic rings. The molecule has 0 spiro atoms. The van der Waals surface area contributed by atoms with Crippen LogP contribution in [0.3, 0.4) is 0 Å². The van der Waals surface area contributed by atoms with Crippen LogP contribution < -0.4 is 0 Å². The van der Waals surface area contributed by atoms with Gasteiger partial charge in [-0.25, -0.2) is 0 Å². The molecule has 0 fully saturated rings. The van der Waals surface area contributed by atoms with E-state index in [1.54, 1.807) is 6.21 Å². The van der Waals surface area contributed by atoms with Gasteiger partial charge < -0.3 is 0 Å². The van der Waals surface area contributed by atoms with E-state index in [0.717, 1.165) is 5.57 Å². The first-order valence-corrected chi connectivity index (χ1v) is 3.89. The minimum atomic E-state index is 0.581. The third-order valence-electron chi connectivity index (χ3n) is 1.48. The molecule has 0 unspecified atom stereocenters. The molecular formula is C10H17N. The van der Waals surface area contributed by atoms with Crippen LogP contribution >= 0.6 is 0 Å². The Bertz CT molecular complexity index is 185. The Kier molecular flexibility index (Phi) is 4.51. The van der Waals surface area contributed by atoms with Crippen molar-refractivity contribution in [3.63, 3.8) is 0 Å². The first-order chi connectivity index (χ1) is 5.04. The summed E-state index contributed by atoms with van der Waals surface area (Å²) in [4.78, 5) is 4.11. The predicted molar refractivity (Wildman–Crippen MR) is 51.9 cm³/mol. The van der Waals surface area contributed by atoms with Gasteiger partial charge in [0.2, 0.25) is 0 Å². The summed E-state index contributed by atoms with van der Waals surface area (Å²) in [5.41, 5.74) is 2.28. The minimum absolute atomic E-state index is 0.581. The lowest BCUT2D eigenvalue weighted by Gasteiger charge is -2.00. The lowest BCUT2D eigenvalue weighted by molar-refractivity contribution is 0.766. The van der Waals surface area contributed by atoms with Crippen molar-refractivity contribution in [2.75, 3.05) is 0 Å². The summed E-state index contributed by atoms with van der Waals surface area (Å²) in [6.07, 6.45) is 3.66. The number of hydrogen-bond acceptors (Lipinski definition) is 1. The molecule has 0 saturated heterocycles. The molecule has 0 aromatic carbocycles. The van der Waals surface area contributed by atoms with Crippen LogP contribution in [0.1, 0.15) is 27.7 Å². The Morgan fingerprint density at radius 2 is 1.91 bits per heavy atom. The fourth-order valence-electron chi connectivity index (χ4n) is 0.431. The zero-order chi connectivity index (χ0) is 8.85. The third kappa shape index (κ3) is 5.59. The number of hydrogen-bond donors (Lipinski definition) is 0. The standard InChI is InChI=1S/C10H17N/c1-8(2)6-11-7-10(5)9(3)4/h6-7,9H,1H2,2-5H3/b10-7+,11-6?. The second-order valence-electron chi connectivity index (χ2n) is 3.15. The van der Waals surface area contributed by atoms with Gasteiger partial charge in [-0.1, -0.05) is 26.0 Å². The zero-order valence-electron chi connectivity index (χ0n) is 7.89. The number of allylic oxidation sites excluding steroid dienone is 2. The molecule has 62 valence electrons. The van der Waals surface area contributed by atoms with E-state index < -0.39 is 0 Å². The maximum Gasteiger partial charge on any atom is 0.0291 e. The fourth-order valence-corrected chi connectivity index (χ4v) is 0.431. The molecule has 0 N–H and O–H groups in total. The molecule has 0 amide bonds. The molecular weight excluding hydrogens is 134 g/mol. The first-order valence-electron chi connectivity index (χ1n) is 3.89. The quantitative estimate of drug-likeness (QED) is 0.549. The second-order valence-corrected chi connectivity index (χ2v) is 3.15. The van der Waals surface area contributed by atoms with E-state index in [4.69, 9.17) is 0 Å². The molecule has 0 atom stereocenters. The summed E-state index contributed by atoms with van der Waals surface area (Å²) in [5.74, 6) is 0.581. The van der Waals surface area contributed by atoms with Crippen molar-refractivity contribution in [3.8, 4) is 0 Å². The van der Waals surface area contributed by atoms with Gasteiger partial charge in [0, 0.05) is 12.4 Å². The molecule has 0 aliphatic carbocycles. The SMILES string of the molecule is C=C(C)C=N/C=C(\C)C(C)C. The highest BCUT2D eigenvalue weighted by atomic mass is 14.7. The van der Waals surface area contributed by atoms with Crippen molar-refractivity contribution in [1.29, 1.82) is 0 Å². The summed E-state index contributed by atoms with van der Waals surface area (Å²) in [5, 5.41) is 0. The van der Waals surface area contributed by atoms with Gasteiger partial charge in [0.15, 0.2) is 0 Å². The van der Waals surface area contributed by atoms with Crippen LogP contribution in [0.4, 0.5) is 0 Å². The second kappa shape index (κ2) is 4.89. The highest BCUT2D eigenvalue weighted by molar-refractivity contribution is 5.77. The average molecular weight is 151 g/mol. The van der Waals surface area contributed by atoms with Gasteiger partial charge in [0.25, 0.3) is 0 Å². The van der Waals surface area contributed by atoms with Crippen LogP contribution in [0.5, 0.6) is 0 Å². The average Bonchev–Trinajstić information content (AvgIpc) is 1.86. The molecule has 0 radical (unpaired) electrons. The molecule has 0 aliphatic rings. The summed E-state index contributed by atoms with van der Waals surface area (Å²) >= 11 is 0. The third-order valence-corrected chi connectivity index (χ3v) is 1.48. The maximum atomic E-state index is 4.11. The van der Waals surface area contributed by atoms with Gasteiger partial charge in [-0.05, 0) is 25.3 Å². The largest absolute Gasteiger partial charge is 0.265 e. The van der Waals surface area contributed by atoms with E-state index >= 15 is 0 Å². The van der Waals surface area contributed by atoms with Crippen molar-refractivity contribution in [3.05, 3.63) is 23.9 Å². The Labute approximate surface area is 69.5 Å². The number of aliphatic imine (C=N–C) groups is 1. The van der Waals surface area contributed by atoms with E-state index in [1.165, 1.54) is 5.57 Å². The molecule has 0 heterocycles. The van der Waals surface area contributed by atoms with Crippen molar-refractivity contribution < 1.29 is 0 Å². The summed E-state index contributed by atoms with van der Waals surface area (Å²) < 4.78 is 0. The van der Waals surface area contributed by atoms with Gasteiger partial charge in [-0.2, -0.15) is 0 Å². The van der Waals surface area contributed by atoms with Crippen LogP contribution in [0.15, 0.2) is 28.9 Å². The Morgan fingerprint density at radius 1 is 1.36 bits per heavy atom. The normalized spacial score (nSPS) is 13.0. The maximum absolute atomic E-state index is 4.11. The van der Waals surface area contributed by atoms with Crippen molar-refractivity contribution in [2.24, 2.45) is 10.9 Å². The monoisotopic (exact) mass is 151 g/mol. The van der Waals surface area contributed by atoms with E-state index in [9.17, 15) is 0 Å². The smallest absolute Gasteiger partial charge is 0.0291 e. The van der Waals surface area contributed by atoms with Crippen LogP contribution in [-0.2, 0) is 0 Å². The Morgan fingerprint density at radius 3 is 2.27 bits per heavy atom. The highest BCUT2D eigenvalue weighted by Crippen LogP contribution is 2.06. The molecule has 0 rings (SSSR count). The molecule has 1 nitrogen and oxygen atoms in total. The zero-order valence-corrected chi connectivity index (χ0v) is 7.89. The lowest BCUT2D eigenvalue weighted by Crippen LogP contribution is -1.87. The van der Waals surface area contributed by atoms with E-state index in [-0.39, 0.29) is 0 Å². The Hall–Kier alpha value is -0.850. The van der Waals surface area contributed by atoms with Gasteiger partial charge >= 0.3 is 0 Å². The van der Waals surface area contributed by atoms with Crippen LogP contribution in [0, 0.1) is 5.92 Å². The van der Waals surface area contributed by atoms with Gasteiger partial charge in [-0.15, -0.1) is 0 Å². The van der Waals surface area contributed by atoms with Crippen LogP contribution in [-0.4, -0.2) is 6.21 Å². The van der Waals surface area contributed by atoms with Crippen LogP contribution in [0.2, 0.25) is 0 Å². The van der Waals surface area contributed by atoms with Gasteiger partial charge in [0.1, 0.15) is 0 Å². The summed E-state index contributed by atoms with van der Waals surface area (Å²) in [7, 11) is 0. The number of nitrogens with zero attached hydrogens (tertiary/aromatic N) is 1. The molecule has 11 heavy (non-hydrogen) atoms. The van der Waals surface area contributed by atoms with Crippen molar-refractivity contribution in [1.82, 2.24) is 0 Å². The van der Waals surface area contributed by atoms with E-state index in [2.05, 4.69) is 32.3 Å². The molecule has 0 aromatic heterocycles. The topological polar surface area (TPSA) is 12.4 Å². The molecule has 1 heteroatoms. The lowest BCUT2D eigenvalue weighted by atomic mass is 10.1. The minimum Gasteiger partial charge on any atom is -0.265 e. The summed E-state index contributed by atoms with van der Waals surface area (Å²) in [6.45, 7) is 12.0.